The van der Waals surface area contributed by atoms with Crippen molar-refractivity contribution in [3.63, 3.8) is 0 Å². The summed E-state index contributed by atoms with van der Waals surface area (Å²) in [5, 5.41) is 0. The summed E-state index contributed by atoms with van der Waals surface area (Å²) in [4.78, 5) is 3.91. The zero-order valence-corrected chi connectivity index (χ0v) is 15.0. The van der Waals surface area contributed by atoms with E-state index in [1.807, 2.05) is 27.7 Å². The van der Waals surface area contributed by atoms with Gasteiger partial charge in [0.05, 0.1) is 16.9 Å². The number of benzene rings is 1. The van der Waals surface area contributed by atoms with Gasteiger partial charge >= 0.3 is 7.12 Å². The number of hydrogen-bond acceptors (Lipinski definition) is 6. The van der Waals surface area contributed by atoms with Gasteiger partial charge in [-0.25, -0.2) is 4.39 Å². The molecule has 2 rings (SSSR count). The summed E-state index contributed by atoms with van der Waals surface area (Å²) in [6.45, 7) is 7.56. The van der Waals surface area contributed by atoms with Gasteiger partial charge in [0, 0.05) is 31.4 Å². The molecule has 0 bridgehead atoms. The molecule has 0 spiro atoms. The minimum absolute atomic E-state index is 0.0406. The van der Waals surface area contributed by atoms with Crippen LogP contribution in [-0.2, 0) is 14.0 Å². The van der Waals surface area contributed by atoms with Crippen molar-refractivity contribution in [1.29, 1.82) is 0 Å². The van der Waals surface area contributed by atoms with Crippen LogP contribution < -0.4 is 15.9 Å². The molecular formula is C16H24BFN2O4. The molecule has 0 atom stereocenters. The van der Waals surface area contributed by atoms with Gasteiger partial charge in [-0.2, -0.15) is 0 Å². The van der Waals surface area contributed by atoms with Gasteiger partial charge in [-0.15, -0.1) is 0 Å². The van der Waals surface area contributed by atoms with Crippen LogP contribution in [0.25, 0.3) is 0 Å². The first-order valence-corrected chi connectivity index (χ1v) is 7.66. The van der Waals surface area contributed by atoms with Crippen molar-refractivity contribution < 1.29 is 23.2 Å². The van der Waals surface area contributed by atoms with Crippen LogP contribution >= 0.6 is 0 Å². The van der Waals surface area contributed by atoms with Crippen molar-refractivity contribution in [2.24, 2.45) is 4.99 Å². The van der Waals surface area contributed by atoms with Gasteiger partial charge in [0.25, 0.3) is 0 Å². The summed E-state index contributed by atoms with van der Waals surface area (Å²) in [6.07, 6.45) is 1.48. The maximum Gasteiger partial charge on any atom is 0.498 e. The van der Waals surface area contributed by atoms with E-state index in [1.54, 1.807) is 13.1 Å². The molecule has 132 valence electrons. The highest BCUT2D eigenvalue weighted by Gasteiger charge is 2.53. The van der Waals surface area contributed by atoms with Crippen LogP contribution in [0.15, 0.2) is 11.1 Å². The Balaban J connectivity index is 2.55. The van der Waals surface area contributed by atoms with E-state index < -0.39 is 24.1 Å². The molecule has 1 fully saturated rings. The molecule has 1 aliphatic heterocycles. The van der Waals surface area contributed by atoms with Crippen LogP contribution in [0.3, 0.4) is 0 Å². The van der Waals surface area contributed by atoms with Gasteiger partial charge in [0.2, 0.25) is 0 Å². The topological polar surface area (TPSA) is 75.3 Å². The maximum atomic E-state index is 14.7. The molecule has 0 aliphatic carbocycles. The second kappa shape index (κ2) is 6.70. The lowest BCUT2D eigenvalue weighted by atomic mass is 9.77. The lowest BCUT2D eigenvalue weighted by molar-refractivity contribution is 0.00578. The summed E-state index contributed by atoms with van der Waals surface area (Å²) < 4.78 is 37.0. The monoisotopic (exact) mass is 338 g/mol. The number of rotatable bonds is 5. The van der Waals surface area contributed by atoms with E-state index in [0.29, 0.717) is 11.0 Å². The molecule has 1 aromatic rings. The van der Waals surface area contributed by atoms with Gasteiger partial charge in [-0.1, -0.05) is 0 Å². The lowest BCUT2D eigenvalue weighted by Gasteiger charge is -2.32. The largest absolute Gasteiger partial charge is 0.498 e. The zero-order valence-electron chi connectivity index (χ0n) is 15.0. The van der Waals surface area contributed by atoms with Crippen molar-refractivity contribution in [3.8, 4) is 5.75 Å². The molecule has 1 heterocycles. The molecule has 1 aromatic carbocycles. The van der Waals surface area contributed by atoms with Gasteiger partial charge < -0.3 is 24.5 Å². The number of halogens is 1. The first-order chi connectivity index (χ1) is 11.1. The Bertz CT molecular complexity index is 633. The van der Waals surface area contributed by atoms with E-state index in [1.165, 1.54) is 13.3 Å². The molecular weight excluding hydrogens is 314 g/mol. The number of nitrogen functional groups attached to an aromatic ring is 1. The van der Waals surface area contributed by atoms with E-state index >= 15 is 0 Å². The smallest absolute Gasteiger partial charge is 0.465 e. The number of nitrogens with zero attached hydrogens (tertiary/aromatic N) is 1. The first-order valence-electron chi connectivity index (χ1n) is 7.66. The quantitative estimate of drug-likeness (QED) is 0.383. The first kappa shape index (κ1) is 18.7. The van der Waals surface area contributed by atoms with Gasteiger partial charge in [0.15, 0.2) is 18.4 Å². The van der Waals surface area contributed by atoms with Crippen molar-refractivity contribution in [1.82, 2.24) is 0 Å². The Morgan fingerprint density at radius 2 is 1.88 bits per heavy atom. The summed E-state index contributed by atoms with van der Waals surface area (Å²) in [5.74, 6) is -0.727. The third-order valence-electron chi connectivity index (χ3n) is 4.42. The van der Waals surface area contributed by atoms with Crippen molar-refractivity contribution in [3.05, 3.63) is 17.4 Å². The molecule has 1 saturated heterocycles. The summed E-state index contributed by atoms with van der Waals surface area (Å²) >= 11 is 0. The van der Waals surface area contributed by atoms with Crippen LogP contribution in [0, 0.1) is 5.82 Å². The van der Waals surface area contributed by atoms with Crippen molar-refractivity contribution in [2.75, 3.05) is 26.7 Å². The second-order valence-electron chi connectivity index (χ2n) is 6.64. The predicted molar refractivity (Wildman–Crippen MR) is 92.6 cm³/mol. The predicted octanol–water partition coefficient (Wildman–Crippen LogP) is 1.74. The Labute approximate surface area is 142 Å². The summed E-state index contributed by atoms with van der Waals surface area (Å²) in [7, 11) is 2.25. The standard InChI is InChI=1S/C16H24BFN2O4/c1-15(2)16(3,4)24-17(23-15)11-7-10(8-20-5)13(19)12(18)14(11)22-9-21-6/h7-8H,9,19H2,1-6H3. The van der Waals surface area contributed by atoms with Crippen molar-refractivity contribution in [2.45, 2.75) is 38.9 Å². The minimum Gasteiger partial charge on any atom is -0.465 e. The number of nitrogens with two attached hydrogens (primary N) is 1. The summed E-state index contributed by atoms with van der Waals surface area (Å²) in [5.41, 5.74) is 5.52. The third kappa shape index (κ3) is 3.26. The van der Waals surface area contributed by atoms with E-state index in [9.17, 15) is 4.39 Å². The maximum absolute atomic E-state index is 14.7. The Morgan fingerprint density at radius 3 is 2.38 bits per heavy atom. The van der Waals surface area contributed by atoms with E-state index in [2.05, 4.69) is 4.99 Å². The molecule has 0 saturated carbocycles. The van der Waals surface area contributed by atoms with Crippen LogP contribution in [0.2, 0.25) is 0 Å². The Kier molecular flexibility index (Phi) is 5.22. The van der Waals surface area contributed by atoms with E-state index in [0.717, 1.165) is 0 Å². The molecule has 8 heteroatoms. The summed E-state index contributed by atoms with van der Waals surface area (Å²) in [6, 6.07) is 1.67. The highest BCUT2D eigenvalue weighted by molar-refractivity contribution is 6.63. The normalized spacial score (nSPS) is 19.2. The fraction of sp³-hybridized carbons (Fsp3) is 0.562. The Morgan fingerprint density at radius 1 is 1.29 bits per heavy atom. The van der Waals surface area contributed by atoms with Crippen LogP contribution in [0.4, 0.5) is 10.1 Å². The average molecular weight is 338 g/mol. The second-order valence-corrected chi connectivity index (χ2v) is 6.64. The highest BCUT2D eigenvalue weighted by atomic mass is 19.1. The minimum atomic E-state index is -0.791. The number of hydrogen-bond donors (Lipinski definition) is 1. The number of aliphatic imine (C=N–C) groups is 1. The molecule has 1 aliphatic rings. The van der Waals surface area contributed by atoms with Gasteiger partial charge in [-0.3, -0.25) is 4.99 Å². The molecule has 0 unspecified atom stereocenters. The molecule has 0 radical (unpaired) electrons. The van der Waals surface area contributed by atoms with Gasteiger partial charge in [0.1, 0.15) is 0 Å². The van der Waals surface area contributed by atoms with E-state index in [4.69, 9.17) is 24.5 Å². The van der Waals surface area contributed by atoms with Crippen molar-refractivity contribution >= 4 is 24.5 Å². The molecule has 0 amide bonds. The number of anilines is 1. The average Bonchev–Trinajstić information content (AvgIpc) is 2.71. The fourth-order valence-electron chi connectivity index (χ4n) is 2.34. The van der Waals surface area contributed by atoms with Crippen LogP contribution in [0.1, 0.15) is 33.3 Å². The van der Waals surface area contributed by atoms with Crippen LogP contribution in [0.5, 0.6) is 5.75 Å². The zero-order chi connectivity index (χ0) is 18.1. The third-order valence-corrected chi connectivity index (χ3v) is 4.42. The molecule has 24 heavy (non-hydrogen) atoms. The molecule has 6 nitrogen and oxygen atoms in total. The lowest BCUT2D eigenvalue weighted by Crippen LogP contribution is -2.41. The number of methoxy groups -OCH3 is 1. The Hall–Kier alpha value is -1.64. The van der Waals surface area contributed by atoms with Crippen LogP contribution in [-0.4, -0.2) is 45.5 Å². The molecule has 2 N–H and O–H groups in total. The van der Waals surface area contributed by atoms with Gasteiger partial charge in [-0.05, 0) is 33.8 Å². The SMILES string of the molecule is CN=Cc1cc(B2OC(C)(C)C(C)(C)O2)c(OCOC)c(F)c1N. The number of ether oxygens (including phenoxy) is 2. The van der Waals surface area contributed by atoms with E-state index in [-0.39, 0.29) is 18.2 Å². The fourth-order valence-corrected chi connectivity index (χ4v) is 2.34. The molecule has 0 aromatic heterocycles. The highest BCUT2D eigenvalue weighted by Crippen LogP contribution is 2.38.